The molecule has 6 heteroatoms. The molecule has 1 fully saturated rings. The summed E-state index contributed by atoms with van der Waals surface area (Å²) in [5.41, 5.74) is 0.735. The van der Waals surface area contributed by atoms with Gasteiger partial charge in [-0.3, -0.25) is 4.79 Å². The maximum atomic E-state index is 13.8. The van der Waals surface area contributed by atoms with Gasteiger partial charge in [0.05, 0.1) is 16.3 Å². The summed E-state index contributed by atoms with van der Waals surface area (Å²) in [7, 11) is 0. The Balaban J connectivity index is 1.60. The van der Waals surface area contributed by atoms with E-state index in [1.807, 2.05) is 24.3 Å². The zero-order valence-corrected chi connectivity index (χ0v) is 15.4. The van der Waals surface area contributed by atoms with Crippen molar-refractivity contribution in [3.63, 3.8) is 0 Å². The third-order valence-electron chi connectivity index (χ3n) is 4.77. The van der Waals surface area contributed by atoms with Crippen LogP contribution in [0.4, 0.5) is 8.78 Å². The van der Waals surface area contributed by atoms with E-state index in [0.29, 0.717) is 6.54 Å². The minimum absolute atomic E-state index is 0.0984. The lowest BCUT2D eigenvalue weighted by Gasteiger charge is -2.33. The molecule has 0 spiro atoms. The number of likely N-dealkylation sites (tertiary alicyclic amines) is 1. The number of carbonyl (C=O) groups excluding carboxylic acids is 1. The number of fused-ring (bicyclic) bond motifs is 1. The van der Waals surface area contributed by atoms with Gasteiger partial charge in [0, 0.05) is 18.2 Å². The number of para-hydroxylation sites is 1. The third-order valence-corrected chi connectivity index (χ3v) is 5.91. The van der Waals surface area contributed by atoms with Crippen molar-refractivity contribution in [1.82, 2.24) is 9.88 Å². The molecule has 4 rings (SSSR count). The molecule has 1 aliphatic rings. The molecule has 3 aromatic rings. The zero-order chi connectivity index (χ0) is 18.8. The maximum absolute atomic E-state index is 13.8. The number of benzene rings is 2. The van der Waals surface area contributed by atoms with Gasteiger partial charge in [0.15, 0.2) is 0 Å². The number of thiazole rings is 1. The SMILES string of the molecule is O=C(/C=C/c1c(F)cccc1F)N1CCCC[C@@H]1c1nc2ccccc2s1. The van der Waals surface area contributed by atoms with Crippen molar-refractivity contribution >= 4 is 33.5 Å². The van der Waals surface area contributed by atoms with Crippen molar-refractivity contribution in [3.8, 4) is 0 Å². The van der Waals surface area contributed by atoms with E-state index in [2.05, 4.69) is 0 Å². The molecule has 138 valence electrons. The first-order valence-electron chi connectivity index (χ1n) is 8.91. The minimum atomic E-state index is -0.680. The highest BCUT2D eigenvalue weighted by Gasteiger charge is 2.29. The van der Waals surface area contributed by atoms with Gasteiger partial charge in [-0.25, -0.2) is 13.8 Å². The number of hydrogen-bond acceptors (Lipinski definition) is 3. The van der Waals surface area contributed by atoms with Gasteiger partial charge >= 0.3 is 0 Å². The molecular formula is C21H18F2N2OS. The maximum Gasteiger partial charge on any atom is 0.247 e. The average Bonchev–Trinajstić information content (AvgIpc) is 3.11. The Morgan fingerprint density at radius 1 is 1.11 bits per heavy atom. The van der Waals surface area contributed by atoms with Crippen molar-refractivity contribution in [2.24, 2.45) is 0 Å². The molecule has 1 aromatic heterocycles. The Morgan fingerprint density at radius 2 is 1.89 bits per heavy atom. The van der Waals surface area contributed by atoms with E-state index in [1.165, 1.54) is 30.4 Å². The van der Waals surface area contributed by atoms with Gasteiger partial charge in [-0.05, 0) is 49.6 Å². The molecule has 0 bridgehead atoms. The number of piperidine rings is 1. The summed E-state index contributed by atoms with van der Waals surface area (Å²) in [6.07, 6.45) is 5.25. The van der Waals surface area contributed by atoms with Crippen LogP contribution in [0.25, 0.3) is 16.3 Å². The number of nitrogens with zero attached hydrogens (tertiary/aromatic N) is 2. The van der Waals surface area contributed by atoms with Crippen molar-refractivity contribution in [3.05, 3.63) is 70.7 Å². The molecule has 3 nitrogen and oxygen atoms in total. The predicted molar refractivity (Wildman–Crippen MR) is 103 cm³/mol. The molecule has 2 aromatic carbocycles. The van der Waals surface area contributed by atoms with Crippen LogP contribution in [0.5, 0.6) is 0 Å². The lowest BCUT2D eigenvalue weighted by Crippen LogP contribution is -2.37. The second kappa shape index (κ2) is 7.56. The van der Waals surface area contributed by atoms with E-state index in [0.717, 1.165) is 34.5 Å². The Labute approximate surface area is 160 Å². The van der Waals surface area contributed by atoms with Crippen LogP contribution in [0.15, 0.2) is 48.5 Å². The van der Waals surface area contributed by atoms with Crippen molar-refractivity contribution in [1.29, 1.82) is 0 Å². The Hall–Kier alpha value is -2.60. The Bertz CT molecular complexity index is 961. The van der Waals surface area contributed by atoms with Crippen molar-refractivity contribution < 1.29 is 13.6 Å². The van der Waals surface area contributed by atoms with Crippen LogP contribution in [-0.4, -0.2) is 22.3 Å². The molecule has 0 N–H and O–H groups in total. The highest BCUT2D eigenvalue weighted by Crippen LogP contribution is 2.35. The minimum Gasteiger partial charge on any atom is -0.330 e. The van der Waals surface area contributed by atoms with Gasteiger partial charge in [0.1, 0.15) is 16.6 Å². The van der Waals surface area contributed by atoms with Gasteiger partial charge in [-0.15, -0.1) is 11.3 Å². The summed E-state index contributed by atoms with van der Waals surface area (Å²) < 4.78 is 28.6. The molecule has 2 heterocycles. The first-order valence-corrected chi connectivity index (χ1v) is 9.73. The van der Waals surface area contributed by atoms with E-state index in [9.17, 15) is 13.6 Å². The number of rotatable bonds is 3. The third kappa shape index (κ3) is 3.62. The molecule has 0 unspecified atom stereocenters. The van der Waals surface area contributed by atoms with Crippen LogP contribution >= 0.6 is 11.3 Å². The number of amides is 1. The molecular weight excluding hydrogens is 366 g/mol. The highest BCUT2D eigenvalue weighted by atomic mass is 32.1. The first kappa shape index (κ1) is 17.8. The van der Waals surface area contributed by atoms with Crippen LogP contribution in [0, 0.1) is 11.6 Å². The van der Waals surface area contributed by atoms with Crippen LogP contribution < -0.4 is 0 Å². The summed E-state index contributed by atoms with van der Waals surface area (Å²) in [5, 5.41) is 0.912. The van der Waals surface area contributed by atoms with Gasteiger partial charge in [-0.1, -0.05) is 18.2 Å². The average molecular weight is 384 g/mol. The molecule has 1 amide bonds. The second-order valence-corrected chi connectivity index (χ2v) is 7.59. The molecule has 1 atom stereocenters. The molecule has 0 radical (unpaired) electrons. The molecule has 1 aliphatic heterocycles. The fourth-order valence-corrected chi connectivity index (χ4v) is 4.52. The normalized spacial score (nSPS) is 17.7. The monoisotopic (exact) mass is 384 g/mol. The summed E-state index contributed by atoms with van der Waals surface area (Å²) >= 11 is 1.60. The van der Waals surface area contributed by atoms with Crippen molar-refractivity contribution in [2.45, 2.75) is 25.3 Å². The van der Waals surface area contributed by atoms with Gasteiger partial charge in [0.25, 0.3) is 0 Å². The largest absolute Gasteiger partial charge is 0.330 e. The number of hydrogen-bond donors (Lipinski definition) is 0. The molecule has 1 saturated heterocycles. The van der Waals surface area contributed by atoms with Crippen LogP contribution in [0.1, 0.15) is 35.9 Å². The van der Waals surface area contributed by atoms with Crippen LogP contribution in [0.3, 0.4) is 0 Å². The quantitative estimate of drug-likeness (QED) is 0.571. The summed E-state index contributed by atoms with van der Waals surface area (Å²) in [4.78, 5) is 19.2. The molecule has 0 saturated carbocycles. The topological polar surface area (TPSA) is 33.2 Å². The summed E-state index contributed by atoms with van der Waals surface area (Å²) in [6.45, 7) is 0.615. The van der Waals surface area contributed by atoms with Crippen LogP contribution in [-0.2, 0) is 4.79 Å². The first-order chi connectivity index (χ1) is 13.1. The second-order valence-electron chi connectivity index (χ2n) is 6.53. The smallest absolute Gasteiger partial charge is 0.247 e. The fourth-order valence-electron chi connectivity index (χ4n) is 3.40. The molecule has 0 aliphatic carbocycles. The van der Waals surface area contributed by atoms with Gasteiger partial charge in [-0.2, -0.15) is 0 Å². The van der Waals surface area contributed by atoms with Gasteiger partial charge < -0.3 is 4.90 Å². The lowest BCUT2D eigenvalue weighted by atomic mass is 10.0. The van der Waals surface area contributed by atoms with E-state index in [1.54, 1.807) is 16.2 Å². The summed E-state index contributed by atoms with van der Waals surface area (Å²) in [6, 6.07) is 11.5. The fraction of sp³-hybridized carbons (Fsp3) is 0.238. The lowest BCUT2D eigenvalue weighted by molar-refractivity contribution is -0.129. The van der Waals surface area contributed by atoms with E-state index in [4.69, 9.17) is 4.98 Å². The standard InChI is InChI=1S/C21H18F2N2OS/c22-15-6-5-7-16(23)14(15)11-12-20(26)25-13-4-3-9-18(25)21-24-17-8-1-2-10-19(17)27-21/h1-2,5-8,10-12,18H,3-4,9,13H2/b12-11+/t18-/m1/s1. The number of aromatic nitrogens is 1. The van der Waals surface area contributed by atoms with Crippen molar-refractivity contribution in [2.75, 3.05) is 6.54 Å². The Kier molecular flexibility index (Phi) is 4.99. The van der Waals surface area contributed by atoms with E-state index >= 15 is 0 Å². The summed E-state index contributed by atoms with van der Waals surface area (Å²) in [5.74, 6) is -1.61. The molecule has 27 heavy (non-hydrogen) atoms. The highest BCUT2D eigenvalue weighted by molar-refractivity contribution is 7.18. The van der Waals surface area contributed by atoms with Crippen LogP contribution in [0.2, 0.25) is 0 Å². The van der Waals surface area contributed by atoms with E-state index in [-0.39, 0.29) is 17.5 Å². The number of carbonyl (C=O) groups is 1. The predicted octanol–water partition coefficient (Wildman–Crippen LogP) is 5.34. The number of halogens is 2. The Morgan fingerprint density at radius 3 is 2.67 bits per heavy atom. The zero-order valence-electron chi connectivity index (χ0n) is 14.6. The van der Waals surface area contributed by atoms with Gasteiger partial charge in [0.2, 0.25) is 5.91 Å². The van der Waals surface area contributed by atoms with E-state index < -0.39 is 11.6 Å².